The summed E-state index contributed by atoms with van der Waals surface area (Å²) in [5.41, 5.74) is 1.21. The number of nitro groups is 1. The number of rotatable bonds is 9. The molecule has 0 atom stereocenters. The smallest absolute Gasteiger partial charge is 0.269 e. The van der Waals surface area contributed by atoms with Crippen LogP contribution >= 0.6 is 11.8 Å². The van der Waals surface area contributed by atoms with Crippen LogP contribution in [-0.4, -0.2) is 31.2 Å². The van der Waals surface area contributed by atoms with Gasteiger partial charge < -0.3 is 4.74 Å². The van der Waals surface area contributed by atoms with Crippen LogP contribution in [0.2, 0.25) is 0 Å². The Kier molecular flexibility index (Phi) is 6.57. The monoisotopic (exact) mass is 446 g/mol. The summed E-state index contributed by atoms with van der Waals surface area (Å²) in [6.45, 7) is 0.211. The lowest BCUT2D eigenvalue weighted by molar-refractivity contribution is -0.384. The number of para-hydroxylation sites is 2. The molecule has 0 saturated heterocycles. The summed E-state index contributed by atoms with van der Waals surface area (Å²) in [6.07, 6.45) is 0. The zero-order valence-corrected chi connectivity index (χ0v) is 17.6. The third-order valence-electron chi connectivity index (χ3n) is 4.56. The van der Waals surface area contributed by atoms with Gasteiger partial charge in [0.15, 0.2) is 16.8 Å². The molecule has 0 aliphatic carbocycles. The zero-order chi connectivity index (χ0) is 22.3. The van der Waals surface area contributed by atoms with Gasteiger partial charge in [-0.05, 0) is 36.4 Å². The maximum Gasteiger partial charge on any atom is 0.269 e. The van der Waals surface area contributed by atoms with Crippen molar-refractivity contribution in [2.45, 2.75) is 11.8 Å². The highest BCUT2D eigenvalue weighted by molar-refractivity contribution is 7.99. The largest absolute Gasteiger partial charge is 0.486 e. The summed E-state index contributed by atoms with van der Waals surface area (Å²) in [4.78, 5) is 22.9. The van der Waals surface area contributed by atoms with Crippen LogP contribution < -0.4 is 4.74 Å². The van der Waals surface area contributed by atoms with Crippen LogP contribution in [0.15, 0.2) is 90.1 Å². The standard InChI is InChI=1S/C23H18N4O4S/c28-21(17-11-13-19(14-12-17)27(29)30)16-32-23-25-24-22(15-31-20-9-5-2-6-10-20)26(23)18-7-3-1-4-8-18/h1-14H,15-16H2. The van der Waals surface area contributed by atoms with E-state index < -0.39 is 4.92 Å². The van der Waals surface area contributed by atoms with E-state index in [1.165, 1.54) is 36.0 Å². The van der Waals surface area contributed by atoms with E-state index in [-0.39, 0.29) is 23.8 Å². The summed E-state index contributed by atoms with van der Waals surface area (Å²) in [5.74, 6) is 1.28. The second-order valence-electron chi connectivity index (χ2n) is 6.69. The van der Waals surface area contributed by atoms with Crippen molar-refractivity contribution in [2.75, 3.05) is 5.75 Å². The molecule has 0 bridgehead atoms. The molecule has 0 aliphatic heterocycles. The molecule has 1 aromatic heterocycles. The van der Waals surface area contributed by atoms with E-state index in [2.05, 4.69) is 10.2 Å². The van der Waals surface area contributed by atoms with Crippen molar-refractivity contribution in [1.29, 1.82) is 0 Å². The van der Waals surface area contributed by atoms with Crippen molar-refractivity contribution >= 4 is 23.2 Å². The molecule has 0 amide bonds. The van der Waals surface area contributed by atoms with Gasteiger partial charge in [0.2, 0.25) is 0 Å². The molecule has 3 aromatic carbocycles. The topological polar surface area (TPSA) is 100 Å². The maximum absolute atomic E-state index is 12.6. The van der Waals surface area contributed by atoms with Crippen molar-refractivity contribution < 1.29 is 14.5 Å². The number of carbonyl (C=O) groups excluding carboxylic acids is 1. The van der Waals surface area contributed by atoms with Crippen molar-refractivity contribution in [3.63, 3.8) is 0 Å². The molecule has 32 heavy (non-hydrogen) atoms. The lowest BCUT2D eigenvalue weighted by Crippen LogP contribution is -2.08. The lowest BCUT2D eigenvalue weighted by Gasteiger charge is -2.11. The Hall–Kier alpha value is -3.98. The Morgan fingerprint density at radius 3 is 2.25 bits per heavy atom. The number of ether oxygens (including phenoxy) is 1. The Morgan fingerprint density at radius 2 is 1.59 bits per heavy atom. The molecular weight excluding hydrogens is 428 g/mol. The highest BCUT2D eigenvalue weighted by atomic mass is 32.2. The number of hydrogen-bond acceptors (Lipinski definition) is 7. The van der Waals surface area contributed by atoms with Gasteiger partial charge in [0.1, 0.15) is 12.4 Å². The third kappa shape index (κ3) is 5.01. The predicted octanol–water partition coefficient (Wildman–Crippen LogP) is 4.73. The number of hydrogen-bond donors (Lipinski definition) is 0. The fourth-order valence-corrected chi connectivity index (χ4v) is 3.84. The number of non-ortho nitro benzene ring substituents is 1. The first-order valence-corrected chi connectivity index (χ1v) is 10.7. The number of nitro benzene ring substituents is 1. The third-order valence-corrected chi connectivity index (χ3v) is 5.49. The molecule has 0 spiro atoms. The minimum atomic E-state index is -0.496. The number of Topliss-reactive ketones (excluding diaryl/α,β-unsaturated/α-hetero) is 1. The molecule has 160 valence electrons. The van der Waals surface area contributed by atoms with E-state index in [9.17, 15) is 14.9 Å². The van der Waals surface area contributed by atoms with E-state index in [4.69, 9.17) is 4.74 Å². The zero-order valence-electron chi connectivity index (χ0n) is 16.8. The average Bonchev–Trinajstić information content (AvgIpc) is 3.25. The van der Waals surface area contributed by atoms with Gasteiger partial charge >= 0.3 is 0 Å². The minimum Gasteiger partial charge on any atom is -0.486 e. The van der Waals surface area contributed by atoms with E-state index in [0.717, 1.165) is 11.4 Å². The predicted molar refractivity (Wildman–Crippen MR) is 120 cm³/mol. The van der Waals surface area contributed by atoms with E-state index in [1.807, 2.05) is 65.2 Å². The van der Waals surface area contributed by atoms with Gasteiger partial charge in [0.05, 0.1) is 10.7 Å². The summed E-state index contributed by atoms with van der Waals surface area (Å²) in [5, 5.41) is 19.9. The number of nitrogens with zero attached hydrogens (tertiary/aromatic N) is 4. The number of carbonyl (C=O) groups is 1. The van der Waals surface area contributed by atoms with Crippen LogP contribution in [0.3, 0.4) is 0 Å². The van der Waals surface area contributed by atoms with Crippen LogP contribution in [0.5, 0.6) is 5.75 Å². The van der Waals surface area contributed by atoms with Gasteiger partial charge in [-0.3, -0.25) is 19.5 Å². The molecule has 8 nitrogen and oxygen atoms in total. The molecule has 4 rings (SSSR count). The first-order valence-electron chi connectivity index (χ1n) is 9.70. The summed E-state index contributed by atoms with van der Waals surface area (Å²) in [6, 6.07) is 24.6. The first-order chi connectivity index (χ1) is 15.6. The van der Waals surface area contributed by atoms with E-state index >= 15 is 0 Å². The van der Waals surface area contributed by atoms with Crippen LogP contribution in [0.25, 0.3) is 5.69 Å². The second-order valence-corrected chi connectivity index (χ2v) is 7.63. The SMILES string of the molecule is O=C(CSc1nnc(COc2ccccc2)n1-c1ccccc1)c1ccc([N+](=O)[O-])cc1. The minimum absolute atomic E-state index is 0.0546. The maximum atomic E-state index is 12.6. The Labute approximate surface area is 188 Å². The highest BCUT2D eigenvalue weighted by Crippen LogP contribution is 2.24. The molecule has 0 saturated carbocycles. The fraction of sp³-hybridized carbons (Fsp3) is 0.0870. The van der Waals surface area contributed by atoms with Gasteiger partial charge in [-0.15, -0.1) is 10.2 Å². The first kappa shape index (κ1) is 21.3. The number of aromatic nitrogens is 3. The molecule has 0 radical (unpaired) electrons. The Morgan fingerprint density at radius 1 is 0.938 bits per heavy atom. The van der Waals surface area contributed by atoms with Gasteiger partial charge in [-0.2, -0.15) is 0 Å². The lowest BCUT2D eigenvalue weighted by atomic mass is 10.1. The number of ketones is 1. The quantitative estimate of drug-likeness (QED) is 0.159. The van der Waals surface area contributed by atoms with Gasteiger partial charge in [-0.25, -0.2) is 0 Å². The van der Waals surface area contributed by atoms with Crippen molar-refractivity contribution in [3.8, 4) is 11.4 Å². The molecule has 1 heterocycles. The molecule has 0 fully saturated rings. The van der Waals surface area contributed by atoms with Crippen LogP contribution in [0, 0.1) is 10.1 Å². The summed E-state index contributed by atoms with van der Waals surface area (Å²) >= 11 is 1.25. The number of benzene rings is 3. The van der Waals surface area contributed by atoms with Crippen LogP contribution in [0.4, 0.5) is 5.69 Å². The summed E-state index contributed by atoms with van der Waals surface area (Å²) in [7, 11) is 0. The second kappa shape index (κ2) is 9.88. The molecule has 0 aliphatic rings. The van der Waals surface area contributed by atoms with Crippen LogP contribution in [0.1, 0.15) is 16.2 Å². The Balaban J connectivity index is 1.52. The molecular formula is C23H18N4O4S. The average molecular weight is 446 g/mol. The van der Waals surface area contributed by atoms with Gasteiger partial charge in [-0.1, -0.05) is 48.2 Å². The Bertz CT molecular complexity index is 1210. The van der Waals surface area contributed by atoms with E-state index in [0.29, 0.717) is 16.5 Å². The molecule has 9 heteroatoms. The van der Waals surface area contributed by atoms with Gasteiger partial charge in [0.25, 0.3) is 5.69 Å². The molecule has 0 N–H and O–H groups in total. The van der Waals surface area contributed by atoms with E-state index in [1.54, 1.807) is 0 Å². The highest BCUT2D eigenvalue weighted by Gasteiger charge is 2.17. The molecule has 0 unspecified atom stereocenters. The normalized spacial score (nSPS) is 10.6. The van der Waals surface area contributed by atoms with Crippen LogP contribution in [-0.2, 0) is 6.61 Å². The fourth-order valence-electron chi connectivity index (χ4n) is 2.97. The van der Waals surface area contributed by atoms with Crippen molar-refractivity contribution in [1.82, 2.24) is 14.8 Å². The van der Waals surface area contributed by atoms with Crippen molar-refractivity contribution in [3.05, 3.63) is 106 Å². The summed E-state index contributed by atoms with van der Waals surface area (Å²) < 4.78 is 7.70. The molecule has 4 aromatic rings. The van der Waals surface area contributed by atoms with Crippen molar-refractivity contribution in [2.24, 2.45) is 0 Å². The van der Waals surface area contributed by atoms with Gasteiger partial charge in [0, 0.05) is 23.4 Å². The number of thioether (sulfide) groups is 1.